The highest BCUT2D eigenvalue weighted by atomic mass is 35.5. The summed E-state index contributed by atoms with van der Waals surface area (Å²) in [5, 5.41) is 2.29. The van der Waals surface area contributed by atoms with Crippen molar-refractivity contribution in [1.29, 1.82) is 0 Å². The average Bonchev–Trinajstić information content (AvgIpc) is 2.69. The summed E-state index contributed by atoms with van der Waals surface area (Å²) in [6, 6.07) is 4.36. The quantitative estimate of drug-likeness (QED) is 0.729. The van der Waals surface area contributed by atoms with Crippen molar-refractivity contribution in [2.75, 3.05) is 19.3 Å². The number of aromatic nitrogens is 1. The zero-order valence-electron chi connectivity index (χ0n) is 11.8. The molecular formula is C16H19ClN2S. The number of hydrogen-bond donors (Lipinski definition) is 0. The van der Waals surface area contributed by atoms with Crippen molar-refractivity contribution in [1.82, 2.24) is 9.47 Å². The van der Waals surface area contributed by atoms with Crippen LogP contribution in [0.15, 0.2) is 12.1 Å². The second-order valence-corrected chi connectivity index (χ2v) is 7.47. The molecule has 0 aliphatic carbocycles. The van der Waals surface area contributed by atoms with Gasteiger partial charge in [-0.05, 0) is 42.5 Å². The molecular weight excluding hydrogens is 288 g/mol. The molecule has 0 bridgehead atoms. The predicted molar refractivity (Wildman–Crippen MR) is 87.8 cm³/mol. The van der Waals surface area contributed by atoms with Gasteiger partial charge in [-0.1, -0.05) is 11.6 Å². The van der Waals surface area contributed by atoms with E-state index >= 15 is 0 Å². The first-order valence-electron chi connectivity index (χ1n) is 7.32. The molecule has 0 fully saturated rings. The zero-order chi connectivity index (χ0) is 13.7. The maximum Gasteiger partial charge on any atom is 0.0527 e. The van der Waals surface area contributed by atoms with Gasteiger partial charge in [0.05, 0.1) is 5.52 Å². The van der Waals surface area contributed by atoms with E-state index in [0.717, 1.165) is 23.9 Å². The summed E-state index contributed by atoms with van der Waals surface area (Å²) in [5.41, 5.74) is 5.97. The van der Waals surface area contributed by atoms with Crippen LogP contribution in [0, 0.1) is 0 Å². The number of likely N-dealkylation sites (N-methyl/N-ethyl adjacent to an activating group) is 1. The van der Waals surface area contributed by atoms with Crippen molar-refractivity contribution < 1.29 is 0 Å². The Bertz CT molecular complexity index is 677. The second kappa shape index (κ2) is 4.97. The minimum atomic E-state index is 0.891. The smallest absolute Gasteiger partial charge is 0.0527 e. The van der Waals surface area contributed by atoms with Gasteiger partial charge in [-0.15, -0.1) is 0 Å². The second-order valence-electron chi connectivity index (χ2n) is 5.93. The number of rotatable bonds is 0. The Hall–Kier alpha value is -0.640. The third kappa shape index (κ3) is 1.99. The van der Waals surface area contributed by atoms with Crippen LogP contribution >= 0.6 is 23.4 Å². The molecule has 1 aromatic heterocycles. The lowest BCUT2D eigenvalue weighted by Gasteiger charge is -2.24. The fourth-order valence-corrected chi connectivity index (χ4v) is 4.79. The summed E-state index contributed by atoms with van der Waals surface area (Å²) < 4.78 is 2.60. The van der Waals surface area contributed by atoms with Gasteiger partial charge in [0.25, 0.3) is 0 Å². The lowest BCUT2D eigenvalue weighted by molar-refractivity contribution is 0.309. The van der Waals surface area contributed by atoms with Gasteiger partial charge >= 0.3 is 0 Å². The Balaban J connectivity index is 2.05. The average molecular weight is 307 g/mol. The van der Waals surface area contributed by atoms with Crippen LogP contribution in [0.4, 0.5) is 0 Å². The molecule has 2 aliphatic rings. The Kier molecular flexibility index (Phi) is 3.24. The first-order chi connectivity index (χ1) is 9.74. The summed E-state index contributed by atoms with van der Waals surface area (Å²) in [4.78, 5) is 2.42. The van der Waals surface area contributed by atoms with Crippen molar-refractivity contribution in [3.63, 3.8) is 0 Å². The highest BCUT2D eigenvalue weighted by Gasteiger charge is 2.24. The fraction of sp³-hybridized carbons (Fsp3) is 0.500. The highest BCUT2D eigenvalue weighted by molar-refractivity contribution is 7.98. The topological polar surface area (TPSA) is 8.17 Å². The van der Waals surface area contributed by atoms with E-state index in [2.05, 4.69) is 28.6 Å². The number of benzene rings is 1. The largest absolute Gasteiger partial charge is 0.344 e. The molecule has 3 heterocycles. The molecule has 0 amide bonds. The number of nitrogens with zero attached hydrogens (tertiary/aromatic N) is 2. The molecule has 0 atom stereocenters. The molecule has 1 aromatic carbocycles. The molecule has 2 aromatic rings. The van der Waals surface area contributed by atoms with E-state index in [1.165, 1.54) is 47.2 Å². The van der Waals surface area contributed by atoms with Gasteiger partial charge in [-0.2, -0.15) is 11.8 Å². The first kappa shape index (κ1) is 13.1. The minimum absolute atomic E-state index is 0.891. The third-order valence-corrected chi connectivity index (χ3v) is 5.82. The molecule has 0 spiro atoms. The molecule has 4 rings (SSSR count). The fourth-order valence-electron chi connectivity index (χ4n) is 3.63. The van der Waals surface area contributed by atoms with E-state index in [1.54, 1.807) is 5.69 Å². The standard InChI is InChI=1S/C16H19ClN2S/c1-18-5-3-15-14(9-18)13-8-12(17)7-11-10-20-6-2-4-19(15)16(11)13/h7-8H,2-6,9-10H2,1H3. The van der Waals surface area contributed by atoms with Crippen LogP contribution in [0.25, 0.3) is 10.9 Å². The van der Waals surface area contributed by atoms with Crippen LogP contribution in [0.5, 0.6) is 0 Å². The van der Waals surface area contributed by atoms with Crippen molar-refractivity contribution in [3.8, 4) is 0 Å². The third-order valence-electron chi connectivity index (χ3n) is 4.51. The minimum Gasteiger partial charge on any atom is -0.344 e. The van der Waals surface area contributed by atoms with E-state index in [4.69, 9.17) is 11.6 Å². The number of aryl methyl sites for hydroxylation is 1. The van der Waals surface area contributed by atoms with Crippen molar-refractivity contribution in [2.24, 2.45) is 0 Å². The summed E-state index contributed by atoms with van der Waals surface area (Å²) >= 11 is 8.42. The van der Waals surface area contributed by atoms with Crippen LogP contribution in [0.3, 0.4) is 0 Å². The number of fused-ring (bicyclic) bond motifs is 3. The molecule has 2 nitrogen and oxygen atoms in total. The molecule has 0 saturated heterocycles. The zero-order valence-corrected chi connectivity index (χ0v) is 13.4. The lowest BCUT2D eigenvalue weighted by Crippen LogP contribution is -2.27. The van der Waals surface area contributed by atoms with Gasteiger partial charge in [0.1, 0.15) is 0 Å². The van der Waals surface area contributed by atoms with E-state index in [9.17, 15) is 0 Å². The first-order valence-corrected chi connectivity index (χ1v) is 8.86. The highest BCUT2D eigenvalue weighted by Crippen LogP contribution is 2.37. The molecule has 2 aliphatic heterocycles. The SMILES string of the molecule is CN1CCc2c(c3cc(Cl)cc4c3n2CCCSC4)C1. The van der Waals surface area contributed by atoms with Gasteiger partial charge < -0.3 is 9.47 Å². The van der Waals surface area contributed by atoms with E-state index in [-0.39, 0.29) is 0 Å². The Labute approximate surface area is 129 Å². The van der Waals surface area contributed by atoms with E-state index in [0.29, 0.717) is 0 Å². The lowest BCUT2D eigenvalue weighted by atomic mass is 10.0. The molecule has 20 heavy (non-hydrogen) atoms. The van der Waals surface area contributed by atoms with E-state index < -0.39 is 0 Å². The van der Waals surface area contributed by atoms with Crippen molar-refractivity contribution >= 4 is 34.3 Å². The summed E-state index contributed by atoms with van der Waals surface area (Å²) in [7, 11) is 2.21. The molecule has 0 saturated carbocycles. The van der Waals surface area contributed by atoms with Gasteiger partial charge in [-0.25, -0.2) is 0 Å². The van der Waals surface area contributed by atoms with E-state index in [1.807, 2.05) is 11.8 Å². The normalized spacial score (nSPS) is 19.7. The Morgan fingerprint density at radius 3 is 3.05 bits per heavy atom. The molecule has 4 heteroatoms. The number of hydrogen-bond acceptors (Lipinski definition) is 2. The van der Waals surface area contributed by atoms with Gasteiger partial charge in [0.2, 0.25) is 0 Å². The number of thioether (sulfide) groups is 1. The van der Waals surface area contributed by atoms with Crippen LogP contribution in [-0.4, -0.2) is 28.8 Å². The predicted octanol–water partition coefficient (Wildman–Crippen LogP) is 3.92. The van der Waals surface area contributed by atoms with Gasteiger partial charge in [-0.3, -0.25) is 0 Å². The maximum absolute atomic E-state index is 6.38. The Morgan fingerprint density at radius 1 is 1.25 bits per heavy atom. The number of halogens is 1. The summed E-state index contributed by atoms with van der Waals surface area (Å²) in [6.07, 6.45) is 2.45. The van der Waals surface area contributed by atoms with Crippen LogP contribution in [-0.2, 0) is 25.3 Å². The summed E-state index contributed by atoms with van der Waals surface area (Å²) in [6.45, 7) is 3.39. The monoisotopic (exact) mass is 306 g/mol. The molecule has 0 radical (unpaired) electrons. The molecule has 0 unspecified atom stereocenters. The van der Waals surface area contributed by atoms with Crippen molar-refractivity contribution in [2.45, 2.75) is 31.7 Å². The maximum atomic E-state index is 6.38. The Morgan fingerprint density at radius 2 is 2.15 bits per heavy atom. The molecule has 106 valence electrons. The van der Waals surface area contributed by atoms with Crippen molar-refractivity contribution in [3.05, 3.63) is 34.0 Å². The summed E-state index contributed by atoms with van der Waals surface area (Å²) in [5.74, 6) is 2.34. The van der Waals surface area contributed by atoms with Crippen LogP contribution in [0.1, 0.15) is 23.2 Å². The van der Waals surface area contributed by atoms with Crippen LogP contribution < -0.4 is 0 Å². The van der Waals surface area contributed by atoms with Gasteiger partial charge in [0.15, 0.2) is 0 Å². The van der Waals surface area contributed by atoms with Gasteiger partial charge in [0, 0.05) is 47.9 Å². The molecule has 0 N–H and O–H groups in total. The van der Waals surface area contributed by atoms with Crippen LogP contribution in [0.2, 0.25) is 5.02 Å².